The molecule has 0 aliphatic rings. The van der Waals surface area contributed by atoms with Crippen molar-refractivity contribution < 1.29 is 4.79 Å². The maximum Gasteiger partial charge on any atom is 0.410 e. The van der Waals surface area contributed by atoms with Crippen molar-refractivity contribution in [1.82, 2.24) is 0 Å². The first-order valence-electron chi connectivity index (χ1n) is 5.22. The Morgan fingerprint density at radius 1 is 1.06 bits per heavy atom. The predicted molar refractivity (Wildman–Crippen MR) is 68.9 cm³/mol. The lowest BCUT2D eigenvalue weighted by molar-refractivity contribution is -0.0674. The zero-order valence-corrected chi connectivity index (χ0v) is 9.90. The van der Waals surface area contributed by atoms with E-state index in [0.717, 1.165) is 10.4 Å². The lowest BCUT2D eigenvalue weighted by Gasteiger charge is -1.96. The third kappa shape index (κ3) is 1.39. The fourth-order valence-electron chi connectivity index (χ4n) is 1.98. The first-order chi connectivity index (χ1) is 8.72. The van der Waals surface area contributed by atoms with Gasteiger partial charge < -0.3 is 5.53 Å². The van der Waals surface area contributed by atoms with E-state index in [2.05, 4.69) is 4.79 Å². The fraction of sp³-hybridized carbons (Fsp3) is 0. The van der Waals surface area contributed by atoms with Gasteiger partial charge in [0, 0.05) is 15.6 Å². The largest absolute Gasteiger partial charge is 0.410 e. The Balaban J connectivity index is 2.46. The summed E-state index contributed by atoms with van der Waals surface area (Å²) in [6, 6.07) is 8.91. The monoisotopic (exact) mass is 254 g/mol. The quantitative estimate of drug-likeness (QED) is 0.485. The van der Waals surface area contributed by atoms with Gasteiger partial charge in [0.1, 0.15) is 0 Å². The van der Waals surface area contributed by atoms with E-state index in [1.165, 1.54) is 0 Å². The van der Waals surface area contributed by atoms with Crippen LogP contribution in [0.25, 0.3) is 26.7 Å². The summed E-state index contributed by atoms with van der Waals surface area (Å²) in [4.78, 5) is 27.4. The van der Waals surface area contributed by atoms with E-state index in [1.807, 2.05) is 17.5 Å². The van der Waals surface area contributed by atoms with Crippen molar-refractivity contribution in [2.75, 3.05) is 0 Å². The molecule has 5 heteroatoms. The molecule has 0 amide bonds. The van der Waals surface area contributed by atoms with Crippen molar-refractivity contribution in [2.24, 2.45) is 0 Å². The lowest BCUT2D eigenvalue weighted by Crippen LogP contribution is -2.32. The van der Waals surface area contributed by atoms with Crippen LogP contribution in [-0.4, -0.2) is 4.79 Å². The van der Waals surface area contributed by atoms with Crippen LogP contribution >= 0.6 is 11.3 Å². The van der Waals surface area contributed by atoms with E-state index in [-0.39, 0.29) is 0 Å². The standard InChI is InChI=1S/C13H6N2O2S/c14-15-11-12(16)8-4-3-7(6-9(8)13(11)17)10-2-1-5-18-10/h1-6H. The molecule has 0 bridgehead atoms. The first-order valence-corrected chi connectivity index (χ1v) is 6.09. The van der Waals surface area contributed by atoms with Crippen molar-refractivity contribution in [3.05, 3.63) is 67.0 Å². The van der Waals surface area contributed by atoms with Crippen LogP contribution in [0.4, 0.5) is 0 Å². The van der Waals surface area contributed by atoms with Gasteiger partial charge in [-0.1, -0.05) is 12.1 Å². The van der Waals surface area contributed by atoms with Crippen LogP contribution in [-0.2, 0) is 0 Å². The van der Waals surface area contributed by atoms with Crippen LogP contribution in [0.3, 0.4) is 0 Å². The summed E-state index contributed by atoms with van der Waals surface area (Å²) in [7, 11) is 0. The SMILES string of the molecule is [N-]=[N+]=c1c(=O)c2ccc(-c3cccs3)cc2c1=O. The van der Waals surface area contributed by atoms with Gasteiger partial charge in [0.2, 0.25) is 0 Å². The lowest BCUT2D eigenvalue weighted by atomic mass is 10.1. The van der Waals surface area contributed by atoms with Crippen LogP contribution in [0, 0.1) is 0 Å². The molecule has 18 heavy (non-hydrogen) atoms. The minimum atomic E-state index is -0.518. The molecule has 0 atom stereocenters. The van der Waals surface area contributed by atoms with Crippen LogP contribution in [0.5, 0.6) is 0 Å². The molecule has 0 radical (unpaired) electrons. The van der Waals surface area contributed by atoms with Crippen LogP contribution < -0.4 is 16.2 Å². The second-order valence-electron chi connectivity index (χ2n) is 3.84. The molecule has 0 unspecified atom stereocenters. The Morgan fingerprint density at radius 3 is 2.50 bits per heavy atom. The van der Waals surface area contributed by atoms with E-state index in [4.69, 9.17) is 5.53 Å². The van der Waals surface area contributed by atoms with E-state index < -0.39 is 16.2 Å². The molecule has 0 aliphatic heterocycles. The predicted octanol–water partition coefficient (Wildman–Crippen LogP) is 1.29. The highest BCUT2D eigenvalue weighted by Gasteiger charge is 2.16. The number of hydrogen-bond acceptors (Lipinski definition) is 3. The Bertz CT molecular complexity index is 912. The van der Waals surface area contributed by atoms with Crippen LogP contribution in [0.2, 0.25) is 0 Å². The van der Waals surface area contributed by atoms with Gasteiger partial charge in [-0.25, -0.2) is 0 Å². The summed E-state index contributed by atoms with van der Waals surface area (Å²) in [5.74, 6) is 0. The molecule has 1 heterocycles. The second-order valence-corrected chi connectivity index (χ2v) is 4.79. The smallest absolute Gasteiger partial charge is 0.360 e. The number of fused-ring (bicyclic) bond motifs is 1. The average molecular weight is 254 g/mol. The molecule has 2 aromatic carbocycles. The molecule has 4 nitrogen and oxygen atoms in total. The number of rotatable bonds is 1. The third-order valence-corrected chi connectivity index (χ3v) is 3.76. The van der Waals surface area contributed by atoms with Crippen molar-refractivity contribution in [1.29, 1.82) is 0 Å². The number of nitrogens with zero attached hydrogens (tertiary/aromatic N) is 2. The highest BCUT2D eigenvalue weighted by molar-refractivity contribution is 7.13. The van der Waals surface area contributed by atoms with Gasteiger partial charge in [0.25, 0.3) is 10.9 Å². The van der Waals surface area contributed by atoms with Crippen molar-refractivity contribution in [3.8, 4) is 10.4 Å². The van der Waals surface area contributed by atoms with E-state index in [1.54, 1.807) is 29.5 Å². The summed E-state index contributed by atoms with van der Waals surface area (Å²) >= 11 is 1.55. The van der Waals surface area contributed by atoms with Gasteiger partial charge in [-0.15, -0.1) is 11.3 Å². The minimum absolute atomic E-state index is 0.299. The number of hydrogen-bond donors (Lipinski definition) is 0. The Morgan fingerprint density at radius 2 is 1.83 bits per heavy atom. The van der Waals surface area contributed by atoms with Gasteiger partial charge in [0.05, 0.1) is 0 Å². The zero-order chi connectivity index (χ0) is 12.7. The molecule has 0 aliphatic carbocycles. The van der Waals surface area contributed by atoms with E-state index >= 15 is 0 Å². The molecule has 86 valence electrons. The molecule has 0 spiro atoms. The average Bonchev–Trinajstić information content (AvgIpc) is 2.98. The Hall–Kier alpha value is -2.36. The number of benzene rings is 1. The fourth-order valence-corrected chi connectivity index (χ4v) is 2.70. The molecule has 3 rings (SSSR count). The van der Waals surface area contributed by atoms with Crippen LogP contribution in [0.1, 0.15) is 0 Å². The highest BCUT2D eigenvalue weighted by atomic mass is 32.1. The molecule has 1 aromatic heterocycles. The molecular formula is C13H6N2O2S. The Kier molecular flexibility index (Phi) is 2.30. The first kappa shape index (κ1) is 10.8. The number of thiophene rings is 1. The van der Waals surface area contributed by atoms with Crippen molar-refractivity contribution in [2.45, 2.75) is 0 Å². The van der Waals surface area contributed by atoms with Gasteiger partial charge in [0.15, 0.2) is 0 Å². The molecule has 0 fully saturated rings. The molecule has 0 N–H and O–H groups in total. The van der Waals surface area contributed by atoms with E-state index in [0.29, 0.717) is 10.8 Å². The van der Waals surface area contributed by atoms with Gasteiger partial charge in [-0.05, 0) is 29.1 Å². The normalized spacial score (nSPS) is 10.7. The van der Waals surface area contributed by atoms with Gasteiger partial charge >= 0.3 is 5.36 Å². The third-order valence-electron chi connectivity index (χ3n) is 2.84. The maximum absolute atomic E-state index is 11.9. The molecule has 3 aromatic rings. The summed E-state index contributed by atoms with van der Waals surface area (Å²) < 4.78 is 0. The second kappa shape index (κ2) is 3.84. The minimum Gasteiger partial charge on any atom is -0.360 e. The maximum atomic E-state index is 11.9. The zero-order valence-electron chi connectivity index (χ0n) is 9.08. The van der Waals surface area contributed by atoms with Crippen LogP contribution in [0.15, 0.2) is 45.3 Å². The van der Waals surface area contributed by atoms with Crippen molar-refractivity contribution >= 4 is 22.1 Å². The molecular weight excluding hydrogens is 248 g/mol. The topological polar surface area (TPSA) is 70.5 Å². The summed E-state index contributed by atoms with van der Waals surface area (Å²) in [5.41, 5.74) is 8.52. The Labute approximate surface area is 105 Å². The molecule has 0 saturated carbocycles. The summed E-state index contributed by atoms with van der Waals surface area (Å²) in [6.45, 7) is 0. The summed E-state index contributed by atoms with van der Waals surface area (Å²) in [6.07, 6.45) is 0. The van der Waals surface area contributed by atoms with Gasteiger partial charge in [-0.2, -0.15) is 4.79 Å². The van der Waals surface area contributed by atoms with Crippen molar-refractivity contribution in [3.63, 3.8) is 0 Å². The van der Waals surface area contributed by atoms with E-state index in [9.17, 15) is 9.59 Å². The molecule has 0 saturated heterocycles. The van der Waals surface area contributed by atoms with Gasteiger partial charge in [-0.3, -0.25) is 9.59 Å². The highest BCUT2D eigenvalue weighted by Crippen LogP contribution is 2.25. The summed E-state index contributed by atoms with van der Waals surface area (Å²) in [5, 5.41) is 2.14.